The summed E-state index contributed by atoms with van der Waals surface area (Å²) in [6.07, 6.45) is 10.00. The number of carbonyl (C=O) groups is 2. The molecule has 0 N–H and O–H groups in total. The molecule has 0 heterocycles. The normalized spacial score (nSPS) is 43.1. The number of rotatable bonds is 6. The van der Waals surface area contributed by atoms with Crippen molar-refractivity contribution in [3.8, 4) is 0 Å². The zero-order valence-corrected chi connectivity index (χ0v) is 26.7. The molecule has 6 heteroatoms. The number of ether oxygens (including phenoxy) is 2. The van der Waals surface area contributed by atoms with Crippen LogP contribution in [-0.2, 0) is 23.5 Å². The standard InChI is InChI=1S/C33H50O5Si/c1-30(2)20-12-14-32(30,5)24(17-20)36-28(34)26-19-10-11-22(23(16-19)38-39(7,8)9)27(26)29(35)37-25-18-21-13-15-33(25,6)31(21,3)4/h16,19-22,24-25H,10-15,17-18H2,1-9H3. The molecular formula is C33H50O5Si. The second kappa shape index (κ2) is 8.48. The average Bonchev–Trinajstić information content (AvgIpc) is 3.35. The highest BCUT2D eigenvalue weighted by Crippen LogP contribution is 2.67. The van der Waals surface area contributed by atoms with E-state index in [4.69, 9.17) is 13.9 Å². The maximum absolute atomic E-state index is 14.2. The summed E-state index contributed by atoms with van der Waals surface area (Å²) in [6, 6.07) is 0. The van der Waals surface area contributed by atoms with E-state index in [0.29, 0.717) is 23.0 Å². The van der Waals surface area contributed by atoms with Crippen molar-refractivity contribution in [2.24, 2.45) is 45.3 Å². The van der Waals surface area contributed by atoms with Crippen LogP contribution in [0.5, 0.6) is 0 Å². The third-order valence-corrected chi connectivity index (χ3v) is 14.1. The van der Waals surface area contributed by atoms with Gasteiger partial charge in [0.2, 0.25) is 8.32 Å². The highest BCUT2D eigenvalue weighted by Gasteiger charge is 2.64. The first-order valence-corrected chi connectivity index (χ1v) is 19.0. The van der Waals surface area contributed by atoms with E-state index >= 15 is 0 Å². The van der Waals surface area contributed by atoms with Crippen LogP contribution in [-0.4, -0.2) is 32.5 Å². The van der Waals surface area contributed by atoms with Gasteiger partial charge in [-0.1, -0.05) is 41.5 Å². The topological polar surface area (TPSA) is 61.8 Å². The van der Waals surface area contributed by atoms with Crippen molar-refractivity contribution in [1.29, 1.82) is 0 Å². The summed E-state index contributed by atoms with van der Waals surface area (Å²) in [5.74, 6) is 1.06. The predicted molar refractivity (Wildman–Crippen MR) is 154 cm³/mol. The van der Waals surface area contributed by atoms with Gasteiger partial charge in [-0.15, -0.1) is 0 Å². The molecule has 0 aromatic carbocycles. The molecule has 0 spiro atoms. The molecule has 0 radical (unpaired) electrons. The van der Waals surface area contributed by atoms with E-state index in [0.717, 1.165) is 44.3 Å². The van der Waals surface area contributed by atoms with Gasteiger partial charge in [0, 0.05) is 22.7 Å². The molecule has 39 heavy (non-hydrogen) atoms. The maximum atomic E-state index is 14.2. The lowest BCUT2D eigenvalue weighted by Gasteiger charge is -2.42. The third-order valence-electron chi connectivity index (χ3n) is 13.3. The molecule has 0 saturated heterocycles. The Hall–Kier alpha value is -1.56. The molecule has 7 rings (SSSR count). The minimum Gasteiger partial charge on any atom is -0.547 e. The summed E-state index contributed by atoms with van der Waals surface area (Å²) in [7, 11) is -1.90. The van der Waals surface area contributed by atoms with E-state index in [2.05, 4.69) is 67.3 Å². The van der Waals surface area contributed by atoms with Crippen LogP contribution < -0.4 is 0 Å². The summed E-state index contributed by atoms with van der Waals surface area (Å²) in [5, 5.41) is 0. The van der Waals surface area contributed by atoms with Crippen molar-refractivity contribution in [2.75, 3.05) is 0 Å². The number of fused-ring (bicyclic) bond motifs is 5. The van der Waals surface area contributed by atoms with Gasteiger partial charge < -0.3 is 13.9 Å². The predicted octanol–water partition coefficient (Wildman–Crippen LogP) is 7.57. The van der Waals surface area contributed by atoms with Crippen LogP contribution in [0.3, 0.4) is 0 Å². The molecular weight excluding hydrogens is 504 g/mol. The minimum atomic E-state index is -1.90. The van der Waals surface area contributed by atoms with Crippen LogP contribution in [0.4, 0.5) is 0 Å². The van der Waals surface area contributed by atoms with Crippen molar-refractivity contribution in [3.05, 3.63) is 23.0 Å². The zero-order valence-electron chi connectivity index (χ0n) is 25.7. The Morgan fingerprint density at radius 3 is 1.64 bits per heavy atom. The lowest BCUT2D eigenvalue weighted by Crippen LogP contribution is -2.43. The van der Waals surface area contributed by atoms with Crippen LogP contribution in [0.15, 0.2) is 23.0 Å². The summed E-state index contributed by atoms with van der Waals surface area (Å²) in [6.45, 7) is 20.4. The zero-order chi connectivity index (χ0) is 28.3. The monoisotopic (exact) mass is 554 g/mol. The largest absolute Gasteiger partial charge is 0.547 e. The number of allylic oxidation sites excluding steroid dienone is 2. The molecule has 4 fully saturated rings. The Labute approximate surface area is 236 Å². The van der Waals surface area contributed by atoms with Crippen LogP contribution >= 0.6 is 0 Å². The van der Waals surface area contributed by atoms with Crippen LogP contribution in [0.2, 0.25) is 19.6 Å². The van der Waals surface area contributed by atoms with E-state index in [9.17, 15) is 9.59 Å². The molecule has 8 unspecified atom stereocenters. The Morgan fingerprint density at radius 2 is 1.23 bits per heavy atom. The van der Waals surface area contributed by atoms with Gasteiger partial charge in [0.15, 0.2) is 0 Å². The van der Waals surface area contributed by atoms with E-state index < -0.39 is 8.32 Å². The van der Waals surface area contributed by atoms with Crippen molar-refractivity contribution in [2.45, 2.75) is 125 Å². The highest BCUT2D eigenvalue weighted by molar-refractivity contribution is 6.70. The maximum Gasteiger partial charge on any atom is 0.335 e. The number of carbonyl (C=O) groups excluding carboxylic acids is 2. The number of esters is 2. The first kappa shape index (κ1) is 27.6. The van der Waals surface area contributed by atoms with Crippen molar-refractivity contribution in [1.82, 2.24) is 0 Å². The summed E-state index contributed by atoms with van der Waals surface area (Å²) in [4.78, 5) is 28.2. The molecule has 216 valence electrons. The SMILES string of the molecule is CC1(C)C2CCC1(C)C(OC(=O)C1=C(C(=O)OC3CC4CCC3(C)C4(C)C)C3CCC1C=C3O[Si](C)(C)C)C2. The average molecular weight is 555 g/mol. The van der Waals surface area contributed by atoms with E-state index in [1.54, 1.807) is 0 Å². The minimum absolute atomic E-state index is 0.0204. The van der Waals surface area contributed by atoms with E-state index in [1.807, 2.05) is 0 Å². The fourth-order valence-electron chi connectivity index (χ4n) is 9.76. The fourth-order valence-corrected chi connectivity index (χ4v) is 10.7. The van der Waals surface area contributed by atoms with Gasteiger partial charge in [-0.3, -0.25) is 0 Å². The van der Waals surface area contributed by atoms with Crippen LogP contribution in [0, 0.1) is 45.3 Å². The molecule has 0 amide bonds. The molecule has 0 aromatic rings. The fraction of sp³-hybridized carbons (Fsp3) is 0.818. The summed E-state index contributed by atoms with van der Waals surface area (Å²) >= 11 is 0. The summed E-state index contributed by atoms with van der Waals surface area (Å²) in [5.41, 5.74) is 1.34. The van der Waals surface area contributed by atoms with Gasteiger partial charge in [-0.25, -0.2) is 9.59 Å². The van der Waals surface area contributed by atoms with Gasteiger partial charge >= 0.3 is 11.9 Å². The first-order chi connectivity index (χ1) is 18.0. The Bertz CT molecular complexity index is 1160. The van der Waals surface area contributed by atoms with Crippen molar-refractivity contribution < 1.29 is 23.5 Å². The van der Waals surface area contributed by atoms with E-state index in [-0.39, 0.29) is 57.6 Å². The highest BCUT2D eigenvalue weighted by atomic mass is 28.4. The molecule has 8 atom stereocenters. The second-order valence-electron chi connectivity index (χ2n) is 16.4. The Morgan fingerprint density at radius 1 is 0.744 bits per heavy atom. The van der Waals surface area contributed by atoms with E-state index in [1.165, 1.54) is 12.8 Å². The summed E-state index contributed by atoms with van der Waals surface area (Å²) < 4.78 is 19.3. The number of hydrogen-bond acceptors (Lipinski definition) is 5. The van der Waals surface area contributed by atoms with Crippen molar-refractivity contribution in [3.63, 3.8) is 0 Å². The molecule has 0 aromatic heterocycles. The Balaban J connectivity index is 1.32. The molecule has 5 nitrogen and oxygen atoms in total. The molecule has 0 aliphatic heterocycles. The number of hydrogen-bond donors (Lipinski definition) is 0. The smallest absolute Gasteiger partial charge is 0.335 e. The first-order valence-electron chi connectivity index (χ1n) is 15.6. The quantitative estimate of drug-likeness (QED) is 0.250. The van der Waals surface area contributed by atoms with Gasteiger partial charge in [-0.05, 0) is 99.7 Å². The molecule has 7 aliphatic carbocycles. The molecule has 6 bridgehead atoms. The van der Waals surface area contributed by atoms with Crippen LogP contribution in [0.1, 0.15) is 92.9 Å². The lowest BCUT2D eigenvalue weighted by molar-refractivity contribution is -0.157. The van der Waals surface area contributed by atoms with Gasteiger partial charge in [0.25, 0.3) is 0 Å². The second-order valence-corrected chi connectivity index (χ2v) is 20.8. The molecule has 7 aliphatic rings. The van der Waals surface area contributed by atoms with Crippen molar-refractivity contribution >= 4 is 20.3 Å². The van der Waals surface area contributed by atoms with Gasteiger partial charge in [0.1, 0.15) is 12.2 Å². The van der Waals surface area contributed by atoms with Gasteiger partial charge in [-0.2, -0.15) is 0 Å². The Kier molecular flexibility index (Phi) is 6.00. The molecule has 4 saturated carbocycles. The lowest BCUT2D eigenvalue weighted by atomic mass is 9.69. The third kappa shape index (κ3) is 3.81. The van der Waals surface area contributed by atoms with Gasteiger partial charge in [0.05, 0.1) is 16.9 Å². The van der Waals surface area contributed by atoms with Crippen LogP contribution in [0.25, 0.3) is 0 Å².